The summed E-state index contributed by atoms with van der Waals surface area (Å²) in [7, 11) is 0. The van der Waals surface area contributed by atoms with E-state index in [1.165, 1.54) is 31.2 Å². The van der Waals surface area contributed by atoms with Crippen LogP contribution in [0.5, 0.6) is 0 Å². The summed E-state index contributed by atoms with van der Waals surface area (Å²) in [5, 5.41) is 6.26. The number of rotatable bonds is 5. The molecule has 8 nitrogen and oxygen atoms in total. The number of nitrogens with one attached hydrogen (secondary N) is 2. The molecule has 2 N–H and O–H groups in total. The molecule has 1 aliphatic carbocycles. The van der Waals surface area contributed by atoms with E-state index in [0.29, 0.717) is 18.0 Å². The standard InChI is InChI=1S/C20H21FN6O2/c1-11-24-19-15(21)6-14(7-17(19)29-11)26-20(28)16-8-23-18(9-22-16)27-5-4-13(10-27)25-12-2-3-12/h6-9,12-13,25H,2-5,10H2,1H3,(H,26,28)/t13-/m1/s1. The van der Waals surface area contributed by atoms with Gasteiger partial charge in [-0.05, 0) is 25.3 Å². The summed E-state index contributed by atoms with van der Waals surface area (Å²) < 4.78 is 19.5. The number of carbonyl (C=O) groups is 1. The predicted molar refractivity (Wildman–Crippen MR) is 105 cm³/mol. The second-order valence-corrected chi connectivity index (χ2v) is 7.62. The summed E-state index contributed by atoms with van der Waals surface area (Å²) in [5.74, 6) is 0.0970. The quantitative estimate of drug-likeness (QED) is 0.684. The van der Waals surface area contributed by atoms with Gasteiger partial charge >= 0.3 is 0 Å². The molecule has 1 atom stereocenters. The van der Waals surface area contributed by atoms with Crippen molar-refractivity contribution in [2.75, 3.05) is 23.3 Å². The SMILES string of the molecule is Cc1nc2c(F)cc(NC(=O)c3cnc(N4CC[C@@H](NC5CC5)C4)cn3)cc2o1. The van der Waals surface area contributed by atoms with E-state index in [4.69, 9.17) is 4.42 Å². The van der Waals surface area contributed by atoms with E-state index in [2.05, 4.69) is 30.5 Å². The lowest BCUT2D eigenvalue weighted by Gasteiger charge is -2.17. The van der Waals surface area contributed by atoms with Crippen LogP contribution in [0.1, 0.15) is 35.6 Å². The van der Waals surface area contributed by atoms with Gasteiger partial charge in [0.1, 0.15) is 17.0 Å². The summed E-state index contributed by atoms with van der Waals surface area (Å²) in [6.45, 7) is 3.45. The normalized spacial score (nSPS) is 19.1. The van der Waals surface area contributed by atoms with Gasteiger partial charge in [0.15, 0.2) is 17.3 Å². The van der Waals surface area contributed by atoms with Gasteiger partial charge in [-0.1, -0.05) is 0 Å². The molecule has 9 heteroatoms. The third-order valence-electron chi connectivity index (χ3n) is 5.25. The van der Waals surface area contributed by atoms with Crippen molar-refractivity contribution in [1.82, 2.24) is 20.3 Å². The van der Waals surface area contributed by atoms with Crippen LogP contribution < -0.4 is 15.5 Å². The second-order valence-electron chi connectivity index (χ2n) is 7.62. The Labute approximate surface area is 166 Å². The van der Waals surface area contributed by atoms with Crippen molar-refractivity contribution in [3.63, 3.8) is 0 Å². The van der Waals surface area contributed by atoms with Crippen LogP contribution in [0.2, 0.25) is 0 Å². The van der Waals surface area contributed by atoms with Gasteiger partial charge in [0.2, 0.25) is 0 Å². The highest BCUT2D eigenvalue weighted by Crippen LogP contribution is 2.25. The van der Waals surface area contributed by atoms with Crippen LogP contribution >= 0.6 is 0 Å². The highest BCUT2D eigenvalue weighted by molar-refractivity contribution is 6.03. The van der Waals surface area contributed by atoms with Crippen LogP contribution in [0.4, 0.5) is 15.9 Å². The molecule has 2 aromatic heterocycles. The number of amides is 1. The first-order valence-electron chi connectivity index (χ1n) is 9.76. The fourth-order valence-electron chi connectivity index (χ4n) is 3.66. The van der Waals surface area contributed by atoms with Gasteiger partial charge in [-0.15, -0.1) is 0 Å². The van der Waals surface area contributed by atoms with Crippen LogP contribution in [-0.2, 0) is 0 Å². The minimum Gasteiger partial charge on any atom is -0.441 e. The molecule has 2 aliphatic rings. The van der Waals surface area contributed by atoms with Crippen molar-refractivity contribution < 1.29 is 13.6 Å². The van der Waals surface area contributed by atoms with Crippen LogP contribution in [0, 0.1) is 12.7 Å². The summed E-state index contributed by atoms with van der Waals surface area (Å²) in [5.41, 5.74) is 0.859. The lowest BCUT2D eigenvalue weighted by atomic mass is 10.2. The minimum atomic E-state index is -0.556. The maximum Gasteiger partial charge on any atom is 0.275 e. The number of carbonyl (C=O) groups excluding carboxylic acids is 1. The average molecular weight is 396 g/mol. The molecule has 3 aromatic rings. The van der Waals surface area contributed by atoms with Crippen molar-refractivity contribution in [3.05, 3.63) is 41.9 Å². The molecule has 150 valence electrons. The number of hydrogen-bond donors (Lipinski definition) is 2. The van der Waals surface area contributed by atoms with E-state index in [9.17, 15) is 9.18 Å². The number of nitrogens with zero attached hydrogens (tertiary/aromatic N) is 4. The lowest BCUT2D eigenvalue weighted by Crippen LogP contribution is -2.34. The van der Waals surface area contributed by atoms with Crippen LogP contribution in [0.3, 0.4) is 0 Å². The second kappa shape index (κ2) is 7.07. The van der Waals surface area contributed by atoms with Gasteiger partial charge in [-0.2, -0.15) is 0 Å². The van der Waals surface area contributed by atoms with Crippen LogP contribution in [0.25, 0.3) is 11.1 Å². The molecule has 2 fully saturated rings. The van der Waals surface area contributed by atoms with Gasteiger partial charge in [0, 0.05) is 43.9 Å². The third-order valence-corrected chi connectivity index (χ3v) is 5.25. The lowest BCUT2D eigenvalue weighted by molar-refractivity contribution is 0.102. The van der Waals surface area contributed by atoms with Gasteiger partial charge in [0.05, 0.1) is 12.4 Å². The first-order valence-corrected chi connectivity index (χ1v) is 9.76. The number of aryl methyl sites for hydroxylation is 1. The van der Waals surface area contributed by atoms with Crippen molar-refractivity contribution in [3.8, 4) is 0 Å². The molecule has 0 unspecified atom stereocenters. The highest BCUT2D eigenvalue weighted by Gasteiger charge is 2.29. The Bertz CT molecular complexity index is 1060. The number of benzene rings is 1. The molecule has 0 spiro atoms. The molecule has 0 bridgehead atoms. The van der Waals surface area contributed by atoms with Gasteiger partial charge < -0.3 is 20.0 Å². The summed E-state index contributed by atoms with van der Waals surface area (Å²) in [4.78, 5) is 27.3. The first-order chi connectivity index (χ1) is 14.0. The molecule has 1 aliphatic heterocycles. The van der Waals surface area contributed by atoms with E-state index in [1.807, 2.05) is 0 Å². The molecule has 1 amide bonds. The van der Waals surface area contributed by atoms with Gasteiger partial charge in [0.25, 0.3) is 5.91 Å². The molecular weight excluding hydrogens is 375 g/mol. The number of anilines is 2. The Kier molecular flexibility index (Phi) is 4.39. The van der Waals surface area contributed by atoms with E-state index in [1.54, 1.807) is 13.1 Å². The van der Waals surface area contributed by atoms with E-state index < -0.39 is 11.7 Å². The van der Waals surface area contributed by atoms with Crippen molar-refractivity contribution in [2.45, 2.75) is 38.3 Å². The molecule has 1 aromatic carbocycles. The van der Waals surface area contributed by atoms with Crippen molar-refractivity contribution in [1.29, 1.82) is 0 Å². The fraction of sp³-hybridized carbons (Fsp3) is 0.400. The van der Waals surface area contributed by atoms with E-state index >= 15 is 0 Å². The zero-order chi connectivity index (χ0) is 20.0. The maximum atomic E-state index is 14.1. The van der Waals surface area contributed by atoms with E-state index in [0.717, 1.165) is 25.3 Å². The smallest absolute Gasteiger partial charge is 0.275 e. The largest absolute Gasteiger partial charge is 0.441 e. The third kappa shape index (κ3) is 3.77. The molecule has 3 heterocycles. The van der Waals surface area contributed by atoms with Crippen molar-refractivity contribution in [2.24, 2.45) is 0 Å². The summed E-state index contributed by atoms with van der Waals surface area (Å²) in [6.07, 6.45) is 6.67. The molecule has 0 radical (unpaired) electrons. The Balaban J connectivity index is 1.26. The summed E-state index contributed by atoms with van der Waals surface area (Å²) >= 11 is 0. The molecule has 5 rings (SSSR count). The number of oxazole rings is 1. The topological polar surface area (TPSA) is 96.2 Å². The first kappa shape index (κ1) is 18.0. The monoisotopic (exact) mass is 396 g/mol. The summed E-state index contributed by atoms with van der Waals surface area (Å²) in [6, 6.07) is 3.91. The fourth-order valence-corrected chi connectivity index (χ4v) is 3.66. The highest BCUT2D eigenvalue weighted by atomic mass is 19.1. The average Bonchev–Trinajstić information content (AvgIpc) is 3.24. The minimum absolute atomic E-state index is 0.143. The zero-order valence-corrected chi connectivity index (χ0v) is 16.0. The number of aromatic nitrogens is 3. The molecule has 29 heavy (non-hydrogen) atoms. The maximum absolute atomic E-state index is 14.1. The van der Waals surface area contributed by atoms with Gasteiger partial charge in [-0.25, -0.2) is 19.3 Å². The number of fused-ring (bicyclic) bond motifs is 1. The molecule has 1 saturated heterocycles. The Morgan fingerprint density at radius 2 is 2.07 bits per heavy atom. The predicted octanol–water partition coefficient (Wildman–Crippen LogP) is 2.65. The number of halogens is 1. The number of hydrogen-bond acceptors (Lipinski definition) is 7. The van der Waals surface area contributed by atoms with Crippen molar-refractivity contribution >= 4 is 28.5 Å². The Hall–Kier alpha value is -3.07. The van der Waals surface area contributed by atoms with Crippen LogP contribution in [0.15, 0.2) is 28.9 Å². The molecular formula is C20H21FN6O2. The Morgan fingerprint density at radius 1 is 1.21 bits per heavy atom. The molecule has 1 saturated carbocycles. The Morgan fingerprint density at radius 3 is 2.83 bits per heavy atom. The van der Waals surface area contributed by atoms with Crippen LogP contribution in [-0.4, -0.2) is 46.0 Å². The van der Waals surface area contributed by atoms with Gasteiger partial charge in [-0.3, -0.25) is 4.79 Å². The zero-order valence-electron chi connectivity index (χ0n) is 16.0. The van der Waals surface area contributed by atoms with E-state index in [-0.39, 0.29) is 22.5 Å².